The lowest BCUT2D eigenvalue weighted by molar-refractivity contribution is -0.0241. The number of imidazole rings is 1. The Kier molecular flexibility index (Phi) is 6.04. The van der Waals surface area contributed by atoms with Gasteiger partial charge in [0.15, 0.2) is 0 Å². The number of aryl methyl sites for hydroxylation is 2. The van der Waals surface area contributed by atoms with Crippen LogP contribution in [-0.4, -0.2) is 53.3 Å². The molecule has 0 spiro atoms. The molecule has 8 heteroatoms. The van der Waals surface area contributed by atoms with Crippen LogP contribution in [0.4, 0.5) is 4.79 Å². The van der Waals surface area contributed by atoms with Crippen molar-refractivity contribution in [3.8, 4) is 11.3 Å². The molecule has 1 aliphatic rings. The van der Waals surface area contributed by atoms with Gasteiger partial charge in [-0.3, -0.25) is 0 Å². The highest BCUT2D eigenvalue weighted by Crippen LogP contribution is 2.36. The Morgan fingerprint density at radius 1 is 1.37 bits per heavy atom. The molecule has 3 aromatic rings. The number of ether oxygens (including phenoxy) is 2. The number of methoxy groups -OCH3 is 1. The molecule has 1 atom stereocenters. The van der Waals surface area contributed by atoms with Crippen LogP contribution in [0.1, 0.15) is 16.8 Å². The van der Waals surface area contributed by atoms with Crippen LogP contribution < -0.4 is 0 Å². The molecule has 2 aromatic heterocycles. The molecule has 0 unspecified atom stereocenters. The lowest BCUT2D eigenvalue weighted by atomic mass is 10.0. The average molecular weight is 493 g/mol. The molecule has 1 aromatic carbocycles. The van der Waals surface area contributed by atoms with Crippen molar-refractivity contribution in [1.82, 2.24) is 14.3 Å². The van der Waals surface area contributed by atoms with Gasteiger partial charge < -0.3 is 18.8 Å². The van der Waals surface area contributed by atoms with Gasteiger partial charge in [0, 0.05) is 29.2 Å². The predicted molar refractivity (Wildman–Crippen MR) is 120 cm³/mol. The molecule has 0 aliphatic carbocycles. The van der Waals surface area contributed by atoms with Crippen molar-refractivity contribution >= 4 is 39.3 Å². The maximum Gasteiger partial charge on any atom is 0.409 e. The fraction of sp³-hybridized carbons (Fsp3) is 0.364. The summed E-state index contributed by atoms with van der Waals surface area (Å²) < 4.78 is 13.9. The Morgan fingerprint density at radius 3 is 2.90 bits per heavy atom. The molecule has 1 fully saturated rings. The molecule has 1 saturated heterocycles. The van der Waals surface area contributed by atoms with E-state index in [-0.39, 0.29) is 12.2 Å². The van der Waals surface area contributed by atoms with Crippen molar-refractivity contribution in [2.75, 3.05) is 26.8 Å². The molecule has 1 amide bonds. The van der Waals surface area contributed by atoms with Crippen LogP contribution in [0.5, 0.6) is 0 Å². The third-order valence-corrected chi connectivity index (χ3v) is 6.12. The van der Waals surface area contributed by atoms with Gasteiger partial charge in [-0.2, -0.15) is 0 Å². The van der Waals surface area contributed by atoms with Gasteiger partial charge in [0.25, 0.3) is 0 Å². The van der Waals surface area contributed by atoms with Crippen LogP contribution in [0.15, 0.2) is 34.9 Å². The van der Waals surface area contributed by atoms with Gasteiger partial charge in [-0.05, 0) is 49.2 Å². The zero-order valence-corrected chi connectivity index (χ0v) is 19.5. The summed E-state index contributed by atoms with van der Waals surface area (Å²) in [5, 5.41) is 0.643. The summed E-state index contributed by atoms with van der Waals surface area (Å²) in [6.45, 7) is 5.55. The van der Waals surface area contributed by atoms with Crippen molar-refractivity contribution in [2.45, 2.75) is 26.4 Å². The Bertz CT molecular complexity index is 1090. The minimum Gasteiger partial charge on any atom is -0.453 e. The molecule has 3 heterocycles. The number of nitrogens with zero attached hydrogens (tertiary/aromatic N) is 3. The zero-order chi connectivity index (χ0) is 21.4. The molecule has 1 aliphatic heterocycles. The van der Waals surface area contributed by atoms with Crippen LogP contribution in [0.25, 0.3) is 16.9 Å². The number of carbonyl (C=O) groups is 1. The van der Waals surface area contributed by atoms with Crippen molar-refractivity contribution in [1.29, 1.82) is 0 Å². The summed E-state index contributed by atoms with van der Waals surface area (Å²) in [6.07, 6.45) is 2.13. The Hall–Kier alpha value is -2.09. The predicted octanol–water partition coefficient (Wildman–Crippen LogP) is 5.04. The molecule has 4 rings (SSSR count). The largest absolute Gasteiger partial charge is 0.453 e. The second-order valence-electron chi connectivity index (χ2n) is 7.53. The van der Waals surface area contributed by atoms with Crippen LogP contribution in [0, 0.1) is 13.8 Å². The van der Waals surface area contributed by atoms with E-state index in [0.717, 1.165) is 38.2 Å². The maximum absolute atomic E-state index is 12.0. The van der Waals surface area contributed by atoms with Gasteiger partial charge in [0.2, 0.25) is 0 Å². The van der Waals surface area contributed by atoms with E-state index in [2.05, 4.69) is 32.5 Å². The number of morpholine rings is 1. The number of halogens is 2. The minimum absolute atomic E-state index is 0.160. The van der Waals surface area contributed by atoms with Crippen molar-refractivity contribution < 1.29 is 14.3 Å². The van der Waals surface area contributed by atoms with E-state index in [1.165, 1.54) is 7.11 Å². The van der Waals surface area contributed by atoms with Gasteiger partial charge >= 0.3 is 6.09 Å². The van der Waals surface area contributed by atoms with Crippen molar-refractivity contribution in [2.24, 2.45) is 0 Å². The Morgan fingerprint density at radius 2 is 2.17 bits per heavy atom. The minimum atomic E-state index is -0.330. The molecule has 6 nitrogen and oxygen atoms in total. The number of amides is 1. The highest BCUT2D eigenvalue weighted by atomic mass is 79.9. The SMILES string of the molecule is COC(=O)N1CCO[C@@H](Cc2c(-c3c(C)cc(Br)cc3Cl)nc3cc(C)ccn23)C1. The summed E-state index contributed by atoms with van der Waals surface area (Å²) >= 11 is 10.2. The fourth-order valence-electron chi connectivity index (χ4n) is 3.95. The number of pyridine rings is 1. The molecule has 0 N–H and O–H groups in total. The van der Waals surface area contributed by atoms with Gasteiger partial charge in [0.05, 0.1) is 42.8 Å². The number of rotatable bonds is 3. The standard InChI is InChI=1S/C22H23BrClN3O3/c1-13-4-5-27-18(11-16-12-26(6-7-30-16)22(28)29-3)21(25-19(27)8-13)20-14(2)9-15(23)10-17(20)24/h4-5,8-10,16H,6-7,11-12H2,1-3H3/t16-/m0/s1. The molecular formula is C22H23BrClN3O3. The molecule has 30 heavy (non-hydrogen) atoms. The van der Waals surface area contributed by atoms with Crippen LogP contribution in [-0.2, 0) is 15.9 Å². The summed E-state index contributed by atoms with van der Waals surface area (Å²) in [5.74, 6) is 0. The topological polar surface area (TPSA) is 56.1 Å². The number of aromatic nitrogens is 2. The highest BCUT2D eigenvalue weighted by Gasteiger charge is 2.28. The van der Waals surface area contributed by atoms with E-state index >= 15 is 0 Å². The van der Waals surface area contributed by atoms with Crippen molar-refractivity contribution in [3.05, 3.63) is 56.8 Å². The molecule has 0 radical (unpaired) electrons. The van der Waals surface area contributed by atoms with Gasteiger partial charge in [0.1, 0.15) is 5.65 Å². The normalized spacial score (nSPS) is 16.8. The summed E-state index contributed by atoms with van der Waals surface area (Å²) in [5.41, 5.74) is 5.80. The fourth-order valence-corrected chi connectivity index (χ4v) is 5.01. The summed E-state index contributed by atoms with van der Waals surface area (Å²) in [6, 6.07) is 8.04. The van der Waals surface area contributed by atoms with Crippen molar-refractivity contribution in [3.63, 3.8) is 0 Å². The molecule has 0 bridgehead atoms. The monoisotopic (exact) mass is 491 g/mol. The number of carbonyl (C=O) groups excluding carboxylic acids is 1. The molecule has 158 valence electrons. The molecule has 0 saturated carbocycles. The average Bonchev–Trinajstić information content (AvgIpc) is 3.03. The summed E-state index contributed by atoms with van der Waals surface area (Å²) in [7, 11) is 1.40. The van der Waals surface area contributed by atoms with E-state index in [4.69, 9.17) is 26.1 Å². The van der Waals surface area contributed by atoms with E-state index in [1.54, 1.807) is 4.90 Å². The Labute approximate surface area is 188 Å². The van der Waals surface area contributed by atoms with E-state index in [9.17, 15) is 4.79 Å². The van der Waals surface area contributed by atoms with Gasteiger partial charge in [-0.25, -0.2) is 9.78 Å². The lowest BCUT2D eigenvalue weighted by Gasteiger charge is -2.32. The van der Waals surface area contributed by atoms with E-state index in [0.29, 0.717) is 31.1 Å². The number of benzene rings is 1. The van der Waals surface area contributed by atoms with E-state index in [1.807, 2.05) is 32.2 Å². The van der Waals surface area contributed by atoms with Crippen LogP contribution in [0.3, 0.4) is 0 Å². The second-order valence-corrected chi connectivity index (χ2v) is 8.85. The Balaban J connectivity index is 1.79. The van der Waals surface area contributed by atoms with Gasteiger partial charge in [-0.1, -0.05) is 27.5 Å². The quantitative estimate of drug-likeness (QED) is 0.514. The van der Waals surface area contributed by atoms with Crippen LogP contribution in [0.2, 0.25) is 5.02 Å². The first-order valence-corrected chi connectivity index (χ1v) is 10.9. The highest BCUT2D eigenvalue weighted by molar-refractivity contribution is 9.10. The third kappa shape index (κ3) is 4.06. The maximum atomic E-state index is 12.0. The summed E-state index contributed by atoms with van der Waals surface area (Å²) in [4.78, 5) is 18.6. The second kappa shape index (κ2) is 8.57. The van der Waals surface area contributed by atoms with E-state index < -0.39 is 0 Å². The first-order chi connectivity index (χ1) is 14.4. The number of fused-ring (bicyclic) bond motifs is 1. The first kappa shape index (κ1) is 21.2. The molecular weight excluding hydrogens is 470 g/mol. The first-order valence-electron chi connectivity index (χ1n) is 9.75. The number of hydrogen-bond acceptors (Lipinski definition) is 4. The van der Waals surface area contributed by atoms with Gasteiger partial charge in [-0.15, -0.1) is 0 Å². The zero-order valence-electron chi connectivity index (χ0n) is 17.1. The number of hydrogen-bond donors (Lipinski definition) is 0. The lowest BCUT2D eigenvalue weighted by Crippen LogP contribution is -2.46. The third-order valence-electron chi connectivity index (χ3n) is 5.36. The smallest absolute Gasteiger partial charge is 0.409 e. The van der Waals surface area contributed by atoms with Crippen LogP contribution >= 0.6 is 27.5 Å².